The monoisotopic (exact) mass is 221 g/mol. The number of nitrogens with two attached hydrogens (primary N) is 1. The van der Waals surface area contributed by atoms with Gasteiger partial charge in [0.2, 0.25) is 0 Å². The van der Waals surface area contributed by atoms with Gasteiger partial charge in [0.15, 0.2) is 0 Å². The molecule has 1 heterocycles. The number of benzene rings is 1. The minimum absolute atomic E-state index is 0.0437. The molecule has 0 saturated carbocycles. The first-order chi connectivity index (χ1) is 7.16. The Bertz CT molecular complexity index is 482. The van der Waals surface area contributed by atoms with Gasteiger partial charge in [-0.25, -0.2) is 9.97 Å². The molecule has 0 fully saturated rings. The van der Waals surface area contributed by atoms with Gasteiger partial charge in [0, 0.05) is 17.8 Å². The average molecular weight is 222 g/mol. The van der Waals surface area contributed by atoms with E-state index in [1.165, 1.54) is 0 Å². The highest BCUT2D eigenvalue weighted by atomic mass is 35.5. The Hall–Kier alpha value is -1.19. The molecule has 3 nitrogen and oxygen atoms in total. The largest absolute Gasteiger partial charge is 0.328 e. The van der Waals surface area contributed by atoms with Gasteiger partial charge in [0.25, 0.3) is 0 Å². The minimum Gasteiger partial charge on any atom is -0.328 e. The van der Waals surface area contributed by atoms with Gasteiger partial charge in [-0.2, -0.15) is 0 Å². The maximum absolute atomic E-state index is 6.05. The van der Waals surface area contributed by atoms with Gasteiger partial charge in [-0.05, 0) is 19.1 Å². The summed E-state index contributed by atoms with van der Waals surface area (Å²) in [5.74, 6) is 0.703. The van der Waals surface area contributed by atoms with Gasteiger partial charge in [-0.3, -0.25) is 0 Å². The van der Waals surface area contributed by atoms with E-state index in [0.717, 1.165) is 10.9 Å². The lowest BCUT2D eigenvalue weighted by Crippen LogP contribution is -2.19. The molecule has 2 N–H and O–H groups in total. The van der Waals surface area contributed by atoms with Crippen LogP contribution in [-0.4, -0.2) is 16.0 Å². The molecular formula is C11H12ClN3. The van der Waals surface area contributed by atoms with Crippen LogP contribution in [0, 0.1) is 0 Å². The van der Waals surface area contributed by atoms with E-state index < -0.39 is 0 Å². The van der Waals surface area contributed by atoms with E-state index in [1.807, 2.05) is 31.2 Å². The van der Waals surface area contributed by atoms with Crippen LogP contribution in [0.5, 0.6) is 0 Å². The second kappa shape index (κ2) is 4.13. The normalized spacial score (nSPS) is 13.0. The second-order valence-corrected chi connectivity index (χ2v) is 3.99. The van der Waals surface area contributed by atoms with E-state index in [1.54, 1.807) is 0 Å². The van der Waals surface area contributed by atoms with Crippen molar-refractivity contribution in [3.8, 4) is 0 Å². The Kier molecular flexibility index (Phi) is 2.84. The summed E-state index contributed by atoms with van der Waals surface area (Å²) in [5, 5.41) is 1.38. The Morgan fingerprint density at radius 3 is 2.80 bits per heavy atom. The van der Waals surface area contributed by atoms with Crippen molar-refractivity contribution in [1.29, 1.82) is 0 Å². The molecule has 0 saturated heterocycles. The van der Waals surface area contributed by atoms with E-state index in [0.29, 0.717) is 17.4 Å². The molecule has 78 valence electrons. The summed E-state index contributed by atoms with van der Waals surface area (Å²) < 4.78 is 0. The molecule has 15 heavy (non-hydrogen) atoms. The summed E-state index contributed by atoms with van der Waals surface area (Å²) in [4.78, 5) is 8.62. The summed E-state index contributed by atoms with van der Waals surface area (Å²) in [5.41, 5.74) is 6.56. The zero-order valence-corrected chi connectivity index (χ0v) is 9.20. The topological polar surface area (TPSA) is 51.8 Å². The molecule has 0 amide bonds. The van der Waals surface area contributed by atoms with Crippen molar-refractivity contribution in [2.45, 2.75) is 19.4 Å². The van der Waals surface area contributed by atoms with Crippen molar-refractivity contribution in [3.05, 3.63) is 35.2 Å². The minimum atomic E-state index is 0.0437. The highest BCUT2D eigenvalue weighted by Crippen LogP contribution is 2.19. The molecule has 0 radical (unpaired) electrons. The average Bonchev–Trinajstić information content (AvgIpc) is 2.16. The Labute approximate surface area is 93.3 Å². The fraction of sp³-hybridized carbons (Fsp3) is 0.273. The van der Waals surface area contributed by atoms with Crippen LogP contribution in [-0.2, 0) is 6.42 Å². The molecule has 0 spiro atoms. The second-order valence-electron chi connectivity index (χ2n) is 3.63. The predicted molar refractivity (Wildman–Crippen MR) is 61.9 cm³/mol. The molecule has 1 aromatic heterocycles. The zero-order valence-electron chi connectivity index (χ0n) is 8.44. The lowest BCUT2D eigenvalue weighted by Gasteiger charge is -2.06. The third kappa shape index (κ3) is 2.25. The number of halogens is 1. The molecular weight excluding hydrogens is 210 g/mol. The number of hydrogen-bond donors (Lipinski definition) is 1. The summed E-state index contributed by atoms with van der Waals surface area (Å²) in [6, 6.07) is 7.73. The number of nitrogens with zero attached hydrogens (tertiary/aromatic N) is 2. The number of para-hydroxylation sites is 1. The highest BCUT2D eigenvalue weighted by molar-refractivity contribution is 6.34. The maximum atomic E-state index is 6.05. The lowest BCUT2D eigenvalue weighted by atomic mass is 10.2. The van der Waals surface area contributed by atoms with Crippen molar-refractivity contribution >= 4 is 22.5 Å². The molecule has 0 aliphatic carbocycles. The molecule has 1 atom stereocenters. The number of aromatic nitrogens is 2. The number of rotatable bonds is 2. The Balaban J connectivity index is 2.52. The van der Waals surface area contributed by atoms with Gasteiger partial charge in [0.05, 0.1) is 5.52 Å². The van der Waals surface area contributed by atoms with Crippen molar-refractivity contribution in [2.24, 2.45) is 5.73 Å². The molecule has 2 rings (SSSR count). The first-order valence-electron chi connectivity index (χ1n) is 4.83. The van der Waals surface area contributed by atoms with E-state index >= 15 is 0 Å². The Morgan fingerprint density at radius 2 is 2.07 bits per heavy atom. The van der Waals surface area contributed by atoms with Crippen LogP contribution in [0.1, 0.15) is 12.7 Å². The van der Waals surface area contributed by atoms with Crippen molar-refractivity contribution in [2.75, 3.05) is 0 Å². The fourth-order valence-electron chi connectivity index (χ4n) is 1.46. The number of fused-ring (bicyclic) bond motifs is 1. The fourth-order valence-corrected chi connectivity index (χ4v) is 1.72. The van der Waals surface area contributed by atoms with Gasteiger partial charge >= 0.3 is 0 Å². The van der Waals surface area contributed by atoms with Crippen LogP contribution in [0.4, 0.5) is 0 Å². The lowest BCUT2D eigenvalue weighted by molar-refractivity contribution is 0.705. The van der Waals surface area contributed by atoms with Crippen LogP contribution >= 0.6 is 11.6 Å². The predicted octanol–water partition coefficient (Wildman–Crippen LogP) is 2.17. The summed E-state index contributed by atoms with van der Waals surface area (Å²) in [6.07, 6.45) is 0.643. The van der Waals surface area contributed by atoms with Crippen LogP contribution in [0.2, 0.25) is 5.15 Å². The van der Waals surface area contributed by atoms with Gasteiger partial charge in [0.1, 0.15) is 11.0 Å². The smallest absolute Gasteiger partial charge is 0.140 e. The molecule has 1 unspecified atom stereocenters. The van der Waals surface area contributed by atoms with Crippen LogP contribution in [0.25, 0.3) is 10.9 Å². The van der Waals surface area contributed by atoms with E-state index in [4.69, 9.17) is 17.3 Å². The molecule has 0 aliphatic heterocycles. The summed E-state index contributed by atoms with van der Waals surface area (Å²) >= 11 is 6.05. The van der Waals surface area contributed by atoms with E-state index in [-0.39, 0.29) is 6.04 Å². The number of hydrogen-bond acceptors (Lipinski definition) is 3. The SMILES string of the molecule is CC(N)Cc1nc(Cl)c2ccccc2n1. The summed E-state index contributed by atoms with van der Waals surface area (Å²) in [7, 11) is 0. The van der Waals surface area contributed by atoms with E-state index in [9.17, 15) is 0 Å². The highest BCUT2D eigenvalue weighted by Gasteiger charge is 2.06. The first-order valence-corrected chi connectivity index (χ1v) is 5.21. The van der Waals surface area contributed by atoms with Crippen LogP contribution in [0.3, 0.4) is 0 Å². The molecule has 1 aromatic carbocycles. The maximum Gasteiger partial charge on any atom is 0.140 e. The van der Waals surface area contributed by atoms with Gasteiger partial charge in [-0.15, -0.1) is 0 Å². The molecule has 0 bridgehead atoms. The van der Waals surface area contributed by atoms with Crippen LogP contribution in [0.15, 0.2) is 24.3 Å². The van der Waals surface area contributed by atoms with E-state index in [2.05, 4.69) is 9.97 Å². The zero-order chi connectivity index (χ0) is 10.8. The van der Waals surface area contributed by atoms with Crippen molar-refractivity contribution in [3.63, 3.8) is 0 Å². The first kappa shape index (κ1) is 10.3. The standard InChI is InChI=1S/C11H12ClN3/c1-7(13)6-10-14-9-5-3-2-4-8(9)11(12)15-10/h2-5,7H,6,13H2,1H3. The molecule has 0 aliphatic rings. The molecule has 4 heteroatoms. The van der Waals surface area contributed by atoms with Gasteiger partial charge < -0.3 is 5.73 Å². The van der Waals surface area contributed by atoms with Crippen LogP contribution < -0.4 is 5.73 Å². The third-order valence-electron chi connectivity index (χ3n) is 2.11. The third-order valence-corrected chi connectivity index (χ3v) is 2.40. The van der Waals surface area contributed by atoms with Crippen molar-refractivity contribution in [1.82, 2.24) is 9.97 Å². The van der Waals surface area contributed by atoms with Crippen molar-refractivity contribution < 1.29 is 0 Å². The Morgan fingerprint density at radius 1 is 1.33 bits per heavy atom. The quantitative estimate of drug-likeness (QED) is 0.791. The summed E-state index contributed by atoms with van der Waals surface area (Å²) in [6.45, 7) is 1.92. The van der Waals surface area contributed by atoms with Gasteiger partial charge in [-0.1, -0.05) is 23.7 Å². The molecule has 2 aromatic rings.